The maximum Gasteiger partial charge on any atom is 0.348 e. The van der Waals surface area contributed by atoms with Crippen molar-refractivity contribution in [3.8, 4) is 11.5 Å². The van der Waals surface area contributed by atoms with Crippen molar-refractivity contribution in [2.45, 2.75) is 13.8 Å². The Bertz CT molecular complexity index is 1020. The van der Waals surface area contributed by atoms with Crippen LogP contribution in [-0.2, 0) is 4.74 Å². The summed E-state index contributed by atoms with van der Waals surface area (Å²) in [5.41, 5.74) is 1.28. The van der Waals surface area contributed by atoms with Crippen molar-refractivity contribution in [2.75, 3.05) is 18.7 Å². The minimum atomic E-state index is -0.342. The van der Waals surface area contributed by atoms with E-state index < -0.39 is 0 Å². The van der Waals surface area contributed by atoms with Crippen molar-refractivity contribution in [1.29, 1.82) is 0 Å². The van der Waals surface area contributed by atoms with Gasteiger partial charge in [-0.3, -0.25) is 10.1 Å². The van der Waals surface area contributed by atoms with E-state index in [2.05, 4.69) is 10.3 Å². The molecule has 2 aromatic heterocycles. The van der Waals surface area contributed by atoms with Crippen molar-refractivity contribution in [1.82, 2.24) is 4.98 Å². The van der Waals surface area contributed by atoms with Crippen molar-refractivity contribution < 1.29 is 23.8 Å². The van der Waals surface area contributed by atoms with Crippen LogP contribution in [0.5, 0.6) is 11.5 Å². The molecule has 1 aliphatic rings. The summed E-state index contributed by atoms with van der Waals surface area (Å²) in [5, 5.41) is 3.27. The largest absolute Gasteiger partial charge is 0.462 e. The number of thiophene rings is 1. The SMILES string of the molecule is CCOC(=O)c1sc2nc(NC(=O)c3ccc4c(c3)OCO4)sc2c1C. The van der Waals surface area contributed by atoms with Crippen LogP contribution >= 0.6 is 22.7 Å². The van der Waals surface area contributed by atoms with Crippen molar-refractivity contribution in [3.05, 3.63) is 34.2 Å². The van der Waals surface area contributed by atoms with Gasteiger partial charge in [-0.2, -0.15) is 0 Å². The number of hydrogen-bond acceptors (Lipinski definition) is 8. The maximum atomic E-state index is 12.4. The number of nitrogens with one attached hydrogen (secondary N) is 1. The van der Waals surface area contributed by atoms with E-state index in [1.807, 2.05) is 6.92 Å². The summed E-state index contributed by atoms with van der Waals surface area (Å²) in [6.07, 6.45) is 0. The van der Waals surface area contributed by atoms with Crippen molar-refractivity contribution >= 4 is 49.2 Å². The van der Waals surface area contributed by atoms with Gasteiger partial charge in [0, 0.05) is 5.56 Å². The number of amides is 1. The van der Waals surface area contributed by atoms with Crippen LogP contribution in [0.25, 0.3) is 9.53 Å². The third kappa shape index (κ3) is 2.89. The first kappa shape index (κ1) is 16.8. The van der Waals surface area contributed by atoms with Gasteiger partial charge in [0.2, 0.25) is 6.79 Å². The molecule has 0 saturated carbocycles. The van der Waals surface area contributed by atoms with Crippen LogP contribution in [0.15, 0.2) is 18.2 Å². The van der Waals surface area contributed by atoms with Gasteiger partial charge in [-0.15, -0.1) is 11.3 Å². The molecule has 0 unspecified atom stereocenters. The van der Waals surface area contributed by atoms with Gasteiger partial charge < -0.3 is 14.2 Å². The summed E-state index contributed by atoms with van der Waals surface area (Å²) in [4.78, 5) is 30.1. The van der Waals surface area contributed by atoms with Crippen molar-refractivity contribution in [2.24, 2.45) is 0 Å². The van der Waals surface area contributed by atoms with E-state index in [0.29, 0.717) is 38.5 Å². The molecule has 9 heteroatoms. The van der Waals surface area contributed by atoms with E-state index in [0.717, 1.165) is 10.3 Å². The zero-order chi connectivity index (χ0) is 18.3. The second kappa shape index (κ2) is 6.58. The summed E-state index contributed by atoms with van der Waals surface area (Å²) in [7, 11) is 0. The zero-order valence-electron chi connectivity index (χ0n) is 14.0. The van der Waals surface area contributed by atoms with Crippen LogP contribution in [0, 0.1) is 6.92 Å². The van der Waals surface area contributed by atoms with Crippen LogP contribution < -0.4 is 14.8 Å². The summed E-state index contributed by atoms with van der Waals surface area (Å²) < 4.78 is 16.5. The molecule has 1 amide bonds. The molecule has 0 saturated heterocycles. The first-order chi connectivity index (χ1) is 12.6. The number of anilines is 1. The maximum absolute atomic E-state index is 12.4. The molecule has 0 spiro atoms. The molecule has 0 bridgehead atoms. The molecule has 134 valence electrons. The molecule has 1 N–H and O–H groups in total. The Morgan fingerprint density at radius 3 is 2.85 bits per heavy atom. The number of benzene rings is 1. The van der Waals surface area contributed by atoms with Gasteiger partial charge in [0.05, 0.1) is 11.3 Å². The van der Waals surface area contributed by atoms with E-state index in [9.17, 15) is 9.59 Å². The molecule has 3 heterocycles. The van der Waals surface area contributed by atoms with Gasteiger partial charge in [0.15, 0.2) is 16.6 Å². The van der Waals surface area contributed by atoms with E-state index in [1.165, 1.54) is 22.7 Å². The molecular weight excluding hydrogens is 376 g/mol. The first-order valence-corrected chi connectivity index (χ1v) is 9.48. The highest BCUT2D eigenvalue weighted by molar-refractivity contribution is 7.30. The number of nitrogens with zero attached hydrogens (tertiary/aromatic N) is 1. The first-order valence-electron chi connectivity index (χ1n) is 7.85. The Morgan fingerprint density at radius 2 is 2.08 bits per heavy atom. The lowest BCUT2D eigenvalue weighted by molar-refractivity contribution is 0.0531. The topological polar surface area (TPSA) is 86.8 Å². The fourth-order valence-corrected chi connectivity index (χ4v) is 4.75. The van der Waals surface area contributed by atoms with E-state index in [1.54, 1.807) is 25.1 Å². The van der Waals surface area contributed by atoms with Crippen LogP contribution in [0.4, 0.5) is 5.13 Å². The number of carbonyl (C=O) groups excluding carboxylic acids is 2. The minimum absolute atomic E-state index is 0.158. The molecule has 0 fully saturated rings. The molecule has 3 aromatic rings. The summed E-state index contributed by atoms with van der Waals surface area (Å²) in [6.45, 7) is 4.11. The second-order valence-electron chi connectivity index (χ2n) is 5.45. The number of thiazole rings is 1. The number of aromatic nitrogens is 1. The zero-order valence-corrected chi connectivity index (χ0v) is 15.6. The molecule has 0 radical (unpaired) electrons. The van der Waals surface area contributed by atoms with Gasteiger partial charge in [-0.05, 0) is 37.6 Å². The van der Waals surface area contributed by atoms with Crippen LogP contribution in [0.3, 0.4) is 0 Å². The highest BCUT2D eigenvalue weighted by Crippen LogP contribution is 2.38. The van der Waals surface area contributed by atoms with Crippen LogP contribution in [0.2, 0.25) is 0 Å². The molecule has 7 nitrogen and oxygen atoms in total. The Kier molecular flexibility index (Phi) is 4.25. The molecule has 1 aromatic carbocycles. The summed E-state index contributed by atoms with van der Waals surface area (Å²) >= 11 is 2.60. The number of rotatable bonds is 4. The van der Waals surface area contributed by atoms with E-state index >= 15 is 0 Å². The van der Waals surface area contributed by atoms with Gasteiger partial charge >= 0.3 is 5.97 Å². The number of ether oxygens (including phenoxy) is 3. The average molecular weight is 390 g/mol. The normalized spacial score (nSPS) is 12.4. The van der Waals surface area contributed by atoms with Gasteiger partial charge in [-0.25, -0.2) is 9.78 Å². The van der Waals surface area contributed by atoms with Gasteiger partial charge in [0.25, 0.3) is 5.91 Å². The smallest absolute Gasteiger partial charge is 0.348 e. The Morgan fingerprint density at radius 1 is 1.27 bits per heavy atom. The Labute approximate surface area is 156 Å². The van der Waals surface area contributed by atoms with Crippen LogP contribution in [0.1, 0.15) is 32.5 Å². The quantitative estimate of drug-likeness (QED) is 0.682. The fraction of sp³-hybridized carbons (Fsp3) is 0.235. The number of esters is 1. The number of hydrogen-bond donors (Lipinski definition) is 1. The molecule has 26 heavy (non-hydrogen) atoms. The number of aryl methyl sites for hydroxylation is 1. The predicted molar refractivity (Wildman–Crippen MR) is 98.7 cm³/mol. The van der Waals surface area contributed by atoms with Gasteiger partial charge in [0.1, 0.15) is 9.71 Å². The predicted octanol–water partition coefficient (Wildman–Crippen LogP) is 3.82. The number of fused-ring (bicyclic) bond motifs is 2. The summed E-state index contributed by atoms with van der Waals surface area (Å²) in [5.74, 6) is 0.547. The molecule has 0 atom stereocenters. The van der Waals surface area contributed by atoms with Crippen molar-refractivity contribution in [3.63, 3.8) is 0 Å². The molecule has 1 aliphatic heterocycles. The molecular formula is C17H14N2O5S2. The Balaban J connectivity index is 1.56. The van der Waals surface area contributed by atoms with Crippen LogP contribution in [-0.4, -0.2) is 30.3 Å². The third-order valence-corrected chi connectivity index (χ3v) is 6.18. The minimum Gasteiger partial charge on any atom is -0.462 e. The fourth-order valence-electron chi connectivity index (χ4n) is 2.54. The lowest BCUT2D eigenvalue weighted by atomic mass is 10.2. The lowest BCUT2D eigenvalue weighted by Gasteiger charge is -2.03. The standard InChI is InChI=1S/C17H14N2O5S2/c1-3-22-16(21)13-8(2)12-15(25-13)19-17(26-12)18-14(20)9-4-5-10-11(6-9)24-7-23-10/h4-6H,3,7H2,1-2H3,(H,18,19,20). The second-order valence-corrected chi connectivity index (χ2v) is 7.45. The highest BCUT2D eigenvalue weighted by Gasteiger charge is 2.21. The van der Waals surface area contributed by atoms with E-state index in [-0.39, 0.29) is 18.7 Å². The third-order valence-electron chi connectivity index (χ3n) is 3.79. The summed E-state index contributed by atoms with van der Waals surface area (Å²) in [6, 6.07) is 5.01. The lowest BCUT2D eigenvalue weighted by Crippen LogP contribution is -2.11. The monoisotopic (exact) mass is 390 g/mol. The average Bonchev–Trinajstić information content (AvgIpc) is 3.30. The van der Waals surface area contributed by atoms with E-state index in [4.69, 9.17) is 14.2 Å². The van der Waals surface area contributed by atoms with Gasteiger partial charge in [-0.1, -0.05) is 11.3 Å². The number of carbonyl (C=O) groups is 2. The molecule has 4 rings (SSSR count). The Hall–Kier alpha value is -2.65. The molecule has 0 aliphatic carbocycles. The highest BCUT2D eigenvalue weighted by atomic mass is 32.1.